The molecule has 0 saturated carbocycles. The zero-order valence-corrected chi connectivity index (χ0v) is 19.2. The first-order valence-electron chi connectivity index (χ1n) is 11.8. The van der Waals surface area contributed by atoms with Crippen LogP contribution in [0.1, 0.15) is 6.42 Å². The summed E-state index contributed by atoms with van der Waals surface area (Å²) >= 11 is 0. The van der Waals surface area contributed by atoms with Crippen molar-refractivity contribution in [3.63, 3.8) is 0 Å². The van der Waals surface area contributed by atoms with Gasteiger partial charge in [0.25, 0.3) is 0 Å². The fourth-order valence-corrected chi connectivity index (χ4v) is 4.42. The lowest BCUT2D eigenvalue weighted by Gasteiger charge is -2.19. The maximum atomic E-state index is 13.3. The summed E-state index contributed by atoms with van der Waals surface area (Å²) in [6, 6.07) is 19.4. The second-order valence-corrected chi connectivity index (χ2v) is 8.66. The van der Waals surface area contributed by atoms with Crippen LogP contribution in [0.3, 0.4) is 0 Å². The Labute approximate surface area is 202 Å². The van der Waals surface area contributed by atoms with Crippen molar-refractivity contribution in [1.82, 2.24) is 19.5 Å². The van der Waals surface area contributed by atoms with E-state index in [2.05, 4.69) is 20.3 Å². The Balaban J connectivity index is 1.14. The molecule has 35 heavy (non-hydrogen) atoms. The summed E-state index contributed by atoms with van der Waals surface area (Å²) in [6.45, 7) is 3.68. The number of hydrogen-bond donors (Lipinski definition) is 1. The van der Waals surface area contributed by atoms with E-state index in [4.69, 9.17) is 14.2 Å². The summed E-state index contributed by atoms with van der Waals surface area (Å²) in [6.07, 6.45) is -0.0819. The van der Waals surface area contributed by atoms with Crippen LogP contribution >= 0.6 is 0 Å². The van der Waals surface area contributed by atoms with Crippen molar-refractivity contribution < 1.29 is 18.6 Å². The predicted octanol–water partition coefficient (Wildman–Crippen LogP) is 4.33. The third kappa shape index (κ3) is 4.72. The molecule has 9 heteroatoms. The number of hydrogen-bond acceptors (Lipinski definition) is 7. The summed E-state index contributed by atoms with van der Waals surface area (Å²) in [5, 5.41) is 7.94. The number of anilines is 2. The summed E-state index contributed by atoms with van der Waals surface area (Å²) < 4.78 is 32.3. The average molecular weight is 476 g/mol. The number of ether oxygens (including phenoxy) is 3. The highest BCUT2D eigenvalue weighted by Gasteiger charge is 2.21. The Morgan fingerprint density at radius 1 is 1.03 bits per heavy atom. The van der Waals surface area contributed by atoms with Crippen molar-refractivity contribution in [1.29, 1.82) is 0 Å². The molecule has 0 radical (unpaired) electrons. The van der Waals surface area contributed by atoms with E-state index in [0.29, 0.717) is 38.7 Å². The van der Waals surface area contributed by atoms with Gasteiger partial charge in [-0.25, -0.2) is 8.91 Å². The Bertz CT molecular complexity index is 1330. The third-order valence-corrected chi connectivity index (χ3v) is 6.20. The number of halogens is 1. The van der Waals surface area contributed by atoms with Gasteiger partial charge in [0.1, 0.15) is 31.7 Å². The van der Waals surface area contributed by atoms with E-state index in [9.17, 15) is 4.39 Å². The van der Waals surface area contributed by atoms with Crippen LogP contribution in [-0.2, 0) is 0 Å². The predicted molar refractivity (Wildman–Crippen MR) is 131 cm³/mol. The quantitative estimate of drug-likeness (QED) is 0.426. The molecule has 2 aromatic carbocycles. The summed E-state index contributed by atoms with van der Waals surface area (Å²) in [4.78, 5) is 6.71. The first kappa shape index (κ1) is 21.7. The maximum Gasteiger partial charge on any atom is 0.247 e. The molecule has 0 bridgehead atoms. The van der Waals surface area contributed by atoms with Crippen molar-refractivity contribution in [2.45, 2.75) is 12.6 Å². The number of rotatable bonds is 7. The number of pyridine rings is 1. The highest BCUT2D eigenvalue weighted by Crippen LogP contribution is 2.34. The lowest BCUT2D eigenvalue weighted by molar-refractivity contribution is 0.171. The Kier molecular flexibility index (Phi) is 5.83. The fourth-order valence-electron chi connectivity index (χ4n) is 4.42. The highest BCUT2D eigenvalue weighted by molar-refractivity contribution is 5.68. The molecular weight excluding hydrogens is 449 g/mol. The lowest BCUT2D eigenvalue weighted by atomic mass is 10.1. The standard InChI is InChI=1S/C26H26FN5O3/c27-19-10-11-31(17-19)12-13-33-21-7-5-20(6-8-21)28-26-29-25-3-1-2-22(32(25)30-26)18-4-9-23-24(16-18)35-15-14-34-23/h1-9,16,19H,10-15,17H2,(H,28,30)/t19-/m0/s1. The molecule has 1 fully saturated rings. The smallest absolute Gasteiger partial charge is 0.247 e. The molecule has 180 valence electrons. The van der Waals surface area contributed by atoms with Crippen LogP contribution in [0.25, 0.3) is 16.9 Å². The zero-order valence-electron chi connectivity index (χ0n) is 19.2. The highest BCUT2D eigenvalue weighted by atomic mass is 19.1. The molecule has 4 aromatic rings. The second-order valence-electron chi connectivity index (χ2n) is 8.66. The number of fused-ring (bicyclic) bond motifs is 2. The van der Waals surface area contributed by atoms with E-state index >= 15 is 0 Å². The van der Waals surface area contributed by atoms with Crippen LogP contribution in [-0.4, -0.2) is 65.1 Å². The van der Waals surface area contributed by atoms with Crippen molar-refractivity contribution in [2.24, 2.45) is 0 Å². The van der Waals surface area contributed by atoms with Gasteiger partial charge >= 0.3 is 0 Å². The molecule has 2 aliphatic heterocycles. The number of nitrogens with zero attached hydrogens (tertiary/aromatic N) is 4. The van der Waals surface area contributed by atoms with Crippen LogP contribution in [0, 0.1) is 0 Å². The molecule has 4 heterocycles. The summed E-state index contributed by atoms with van der Waals surface area (Å²) in [5.41, 5.74) is 3.46. The minimum absolute atomic E-state index is 0.499. The Morgan fingerprint density at radius 3 is 2.71 bits per heavy atom. The topological polar surface area (TPSA) is 73.2 Å². The van der Waals surface area contributed by atoms with Gasteiger partial charge in [0, 0.05) is 30.9 Å². The fraction of sp³-hybridized carbons (Fsp3) is 0.308. The van der Waals surface area contributed by atoms with E-state index in [-0.39, 0.29) is 0 Å². The molecule has 0 unspecified atom stereocenters. The average Bonchev–Trinajstić information content (AvgIpc) is 3.50. The Hall–Kier alpha value is -3.85. The third-order valence-electron chi connectivity index (χ3n) is 6.20. The molecule has 0 aliphatic carbocycles. The van der Waals surface area contributed by atoms with Gasteiger partial charge in [-0.05, 0) is 61.0 Å². The van der Waals surface area contributed by atoms with Gasteiger partial charge in [0.15, 0.2) is 17.1 Å². The molecule has 0 spiro atoms. The molecule has 1 N–H and O–H groups in total. The minimum atomic E-state index is -0.703. The lowest BCUT2D eigenvalue weighted by Crippen LogP contribution is -2.26. The number of alkyl halides is 1. The van der Waals surface area contributed by atoms with Crippen LogP contribution in [0.4, 0.5) is 16.0 Å². The minimum Gasteiger partial charge on any atom is -0.492 e. The zero-order chi connectivity index (χ0) is 23.6. The van der Waals surface area contributed by atoms with Gasteiger partial charge in [-0.2, -0.15) is 4.98 Å². The molecule has 0 amide bonds. The van der Waals surface area contributed by atoms with E-state index in [1.165, 1.54) is 0 Å². The van der Waals surface area contributed by atoms with Gasteiger partial charge in [-0.3, -0.25) is 4.90 Å². The van der Waals surface area contributed by atoms with Crippen LogP contribution in [0.5, 0.6) is 17.2 Å². The van der Waals surface area contributed by atoms with Crippen LogP contribution in [0.15, 0.2) is 60.7 Å². The van der Waals surface area contributed by atoms with E-state index < -0.39 is 6.17 Å². The van der Waals surface area contributed by atoms with Gasteiger partial charge < -0.3 is 19.5 Å². The monoisotopic (exact) mass is 475 g/mol. The Morgan fingerprint density at radius 2 is 1.89 bits per heavy atom. The molecule has 6 rings (SSSR count). The SMILES string of the molecule is F[C@H]1CCN(CCOc2ccc(Nc3nc4cccc(-c5ccc6c(c5)OCCO6)n4n3)cc2)C1. The van der Waals surface area contributed by atoms with E-state index in [0.717, 1.165) is 52.9 Å². The number of likely N-dealkylation sites (tertiary alicyclic amines) is 1. The first-order chi connectivity index (χ1) is 17.2. The van der Waals surface area contributed by atoms with Crippen molar-refractivity contribution >= 4 is 17.3 Å². The summed E-state index contributed by atoms with van der Waals surface area (Å²) in [7, 11) is 0. The van der Waals surface area contributed by atoms with Crippen molar-refractivity contribution in [3.8, 4) is 28.5 Å². The van der Waals surface area contributed by atoms with E-state index in [1.807, 2.05) is 65.2 Å². The number of aromatic nitrogens is 3. The van der Waals surface area contributed by atoms with Gasteiger partial charge in [-0.15, -0.1) is 5.10 Å². The van der Waals surface area contributed by atoms with Gasteiger partial charge in [-0.1, -0.05) is 6.07 Å². The largest absolute Gasteiger partial charge is 0.492 e. The second kappa shape index (κ2) is 9.42. The van der Waals surface area contributed by atoms with E-state index in [1.54, 1.807) is 0 Å². The first-order valence-corrected chi connectivity index (χ1v) is 11.8. The molecule has 1 atom stereocenters. The molecular formula is C26H26FN5O3. The van der Waals surface area contributed by atoms with Crippen molar-refractivity contribution in [2.75, 3.05) is 44.8 Å². The molecule has 2 aliphatic rings. The molecule has 2 aromatic heterocycles. The molecule has 8 nitrogen and oxygen atoms in total. The summed E-state index contributed by atoms with van der Waals surface area (Å²) in [5.74, 6) is 2.76. The van der Waals surface area contributed by atoms with Crippen LogP contribution in [0.2, 0.25) is 0 Å². The van der Waals surface area contributed by atoms with Crippen LogP contribution < -0.4 is 19.5 Å². The molecule has 1 saturated heterocycles. The maximum absolute atomic E-state index is 13.3. The normalized spacial score (nSPS) is 17.6. The van der Waals surface area contributed by atoms with Gasteiger partial charge in [0.05, 0.1) is 5.69 Å². The van der Waals surface area contributed by atoms with Gasteiger partial charge in [0.2, 0.25) is 5.95 Å². The van der Waals surface area contributed by atoms with Crippen molar-refractivity contribution in [3.05, 3.63) is 60.7 Å². The number of nitrogens with one attached hydrogen (secondary N) is 1. The number of benzene rings is 2.